The number of nitrogens with zero attached hydrogens (tertiary/aromatic N) is 1. The molecule has 0 radical (unpaired) electrons. The Balaban J connectivity index is 2.40. The van der Waals surface area contributed by atoms with E-state index in [-0.39, 0.29) is 5.56 Å². The summed E-state index contributed by atoms with van der Waals surface area (Å²) >= 11 is 0. The van der Waals surface area contributed by atoms with Crippen molar-refractivity contribution < 1.29 is 9.90 Å². The van der Waals surface area contributed by atoms with Gasteiger partial charge in [-0.2, -0.15) is 0 Å². The van der Waals surface area contributed by atoms with Crippen LogP contribution < -0.4 is 0 Å². The Bertz CT molecular complexity index is 744. The zero-order valence-electron chi connectivity index (χ0n) is 9.19. The van der Waals surface area contributed by atoms with E-state index in [1.54, 1.807) is 6.07 Å². The Morgan fingerprint density at radius 1 is 1.29 bits per heavy atom. The summed E-state index contributed by atoms with van der Waals surface area (Å²) in [5.74, 6) is -0.956. The highest BCUT2D eigenvalue weighted by molar-refractivity contribution is 6.05. The second kappa shape index (κ2) is 3.31. The van der Waals surface area contributed by atoms with Crippen LogP contribution in [0.3, 0.4) is 0 Å². The molecule has 0 fully saturated rings. The second-order valence-corrected chi connectivity index (χ2v) is 4.08. The number of fused-ring (bicyclic) bond motifs is 3. The van der Waals surface area contributed by atoms with Gasteiger partial charge in [-0.3, -0.25) is 4.98 Å². The molecule has 0 bridgehead atoms. The third-order valence-corrected chi connectivity index (χ3v) is 2.83. The van der Waals surface area contributed by atoms with E-state index in [2.05, 4.69) is 9.97 Å². The van der Waals surface area contributed by atoms with Crippen molar-refractivity contribution in [1.82, 2.24) is 9.97 Å². The molecule has 0 unspecified atom stereocenters. The quantitative estimate of drug-likeness (QED) is 0.670. The first kappa shape index (κ1) is 9.84. The summed E-state index contributed by atoms with van der Waals surface area (Å²) in [6.45, 7) is 1.98. The predicted octanol–water partition coefficient (Wildman–Crippen LogP) is 2.72. The SMILES string of the molecule is Cc1cc2ccc3cc(C(=O)O)cnc3c2[nH]1. The standard InChI is InChI=1S/C13H10N2O2/c1-7-4-8-2-3-9-5-10(13(16)17)6-14-11(9)12(8)15-7/h2-6,15H,1H3,(H,16,17). The van der Waals surface area contributed by atoms with Crippen molar-refractivity contribution in [2.45, 2.75) is 6.92 Å². The van der Waals surface area contributed by atoms with Gasteiger partial charge in [-0.05, 0) is 19.1 Å². The fraction of sp³-hybridized carbons (Fsp3) is 0.0769. The van der Waals surface area contributed by atoms with Gasteiger partial charge in [0.15, 0.2) is 0 Å². The van der Waals surface area contributed by atoms with Crippen molar-refractivity contribution >= 4 is 27.8 Å². The molecule has 17 heavy (non-hydrogen) atoms. The lowest BCUT2D eigenvalue weighted by Gasteiger charge is -2.00. The van der Waals surface area contributed by atoms with E-state index in [4.69, 9.17) is 5.11 Å². The van der Waals surface area contributed by atoms with Crippen LogP contribution in [0.1, 0.15) is 16.1 Å². The molecule has 1 aromatic carbocycles. The highest BCUT2D eigenvalue weighted by Gasteiger charge is 2.08. The van der Waals surface area contributed by atoms with E-state index in [1.807, 2.05) is 25.1 Å². The van der Waals surface area contributed by atoms with E-state index < -0.39 is 5.97 Å². The minimum absolute atomic E-state index is 0.208. The van der Waals surface area contributed by atoms with Gasteiger partial charge in [-0.1, -0.05) is 12.1 Å². The molecular formula is C13H10N2O2. The largest absolute Gasteiger partial charge is 0.478 e. The minimum atomic E-state index is -0.956. The van der Waals surface area contributed by atoms with Gasteiger partial charge in [0.05, 0.1) is 16.6 Å². The first-order valence-electron chi connectivity index (χ1n) is 5.26. The molecule has 2 heterocycles. The normalized spacial score (nSPS) is 11.1. The van der Waals surface area contributed by atoms with Crippen LogP contribution in [0.2, 0.25) is 0 Å². The number of benzene rings is 1. The maximum absolute atomic E-state index is 10.9. The molecule has 0 aliphatic heterocycles. The van der Waals surface area contributed by atoms with Crippen LogP contribution in [-0.4, -0.2) is 21.0 Å². The molecule has 2 aromatic heterocycles. The number of aryl methyl sites for hydroxylation is 1. The van der Waals surface area contributed by atoms with Gasteiger partial charge < -0.3 is 10.1 Å². The van der Waals surface area contributed by atoms with Gasteiger partial charge >= 0.3 is 5.97 Å². The number of H-pyrrole nitrogens is 1. The highest BCUT2D eigenvalue weighted by atomic mass is 16.4. The third kappa shape index (κ3) is 1.45. The van der Waals surface area contributed by atoms with Crippen LogP contribution in [0.5, 0.6) is 0 Å². The van der Waals surface area contributed by atoms with E-state index in [1.165, 1.54) is 6.20 Å². The van der Waals surface area contributed by atoms with E-state index in [0.717, 1.165) is 27.5 Å². The van der Waals surface area contributed by atoms with Gasteiger partial charge in [0, 0.05) is 22.7 Å². The lowest BCUT2D eigenvalue weighted by Crippen LogP contribution is -1.97. The Kier molecular flexibility index (Phi) is 1.92. The van der Waals surface area contributed by atoms with Gasteiger partial charge in [0.1, 0.15) is 0 Å². The summed E-state index contributed by atoms with van der Waals surface area (Å²) in [5, 5.41) is 10.8. The molecule has 84 valence electrons. The van der Waals surface area contributed by atoms with Gasteiger partial charge in [-0.25, -0.2) is 4.79 Å². The summed E-state index contributed by atoms with van der Waals surface area (Å²) in [4.78, 5) is 18.3. The number of hydrogen-bond donors (Lipinski definition) is 2. The van der Waals surface area contributed by atoms with Crippen LogP contribution in [0, 0.1) is 6.92 Å². The molecule has 0 saturated heterocycles. The van der Waals surface area contributed by atoms with Crippen LogP contribution in [0.25, 0.3) is 21.8 Å². The van der Waals surface area contributed by atoms with E-state index in [0.29, 0.717) is 0 Å². The molecule has 0 atom stereocenters. The molecule has 0 amide bonds. The smallest absolute Gasteiger partial charge is 0.337 e. The maximum Gasteiger partial charge on any atom is 0.337 e. The fourth-order valence-corrected chi connectivity index (χ4v) is 2.05. The van der Waals surface area contributed by atoms with Crippen molar-refractivity contribution in [3.63, 3.8) is 0 Å². The van der Waals surface area contributed by atoms with Crippen molar-refractivity contribution in [2.24, 2.45) is 0 Å². The maximum atomic E-state index is 10.9. The molecule has 3 aromatic rings. The Morgan fingerprint density at radius 3 is 2.82 bits per heavy atom. The zero-order valence-corrected chi connectivity index (χ0v) is 9.19. The molecule has 2 N–H and O–H groups in total. The number of rotatable bonds is 1. The zero-order chi connectivity index (χ0) is 12.0. The molecule has 4 heteroatoms. The fourth-order valence-electron chi connectivity index (χ4n) is 2.05. The average Bonchev–Trinajstić information content (AvgIpc) is 2.69. The Morgan fingerprint density at radius 2 is 2.06 bits per heavy atom. The summed E-state index contributed by atoms with van der Waals surface area (Å²) in [6.07, 6.45) is 1.39. The summed E-state index contributed by atoms with van der Waals surface area (Å²) in [5.41, 5.74) is 3.04. The van der Waals surface area contributed by atoms with Crippen LogP contribution >= 0.6 is 0 Å². The van der Waals surface area contributed by atoms with Crippen molar-refractivity contribution in [1.29, 1.82) is 0 Å². The van der Waals surface area contributed by atoms with Crippen LogP contribution in [-0.2, 0) is 0 Å². The Hall–Kier alpha value is -2.36. The topological polar surface area (TPSA) is 66.0 Å². The van der Waals surface area contributed by atoms with Crippen molar-refractivity contribution in [3.05, 3.63) is 41.7 Å². The number of aromatic carboxylic acids is 1. The van der Waals surface area contributed by atoms with Gasteiger partial charge in [0.2, 0.25) is 0 Å². The van der Waals surface area contributed by atoms with E-state index >= 15 is 0 Å². The first-order chi connectivity index (χ1) is 8.15. The number of nitrogens with one attached hydrogen (secondary N) is 1. The number of pyridine rings is 1. The predicted molar refractivity (Wildman–Crippen MR) is 65.3 cm³/mol. The lowest BCUT2D eigenvalue weighted by molar-refractivity contribution is 0.0696. The first-order valence-corrected chi connectivity index (χ1v) is 5.26. The monoisotopic (exact) mass is 226 g/mol. The summed E-state index contributed by atoms with van der Waals surface area (Å²) in [6, 6.07) is 7.54. The van der Waals surface area contributed by atoms with Crippen molar-refractivity contribution in [2.75, 3.05) is 0 Å². The average molecular weight is 226 g/mol. The van der Waals surface area contributed by atoms with E-state index in [9.17, 15) is 4.79 Å². The van der Waals surface area contributed by atoms with Gasteiger partial charge in [-0.15, -0.1) is 0 Å². The molecule has 0 saturated carbocycles. The summed E-state index contributed by atoms with van der Waals surface area (Å²) in [7, 11) is 0. The molecule has 0 spiro atoms. The molecule has 3 rings (SSSR count). The van der Waals surface area contributed by atoms with Crippen LogP contribution in [0.15, 0.2) is 30.5 Å². The third-order valence-electron chi connectivity index (χ3n) is 2.83. The number of carboxylic acid groups (broad SMARTS) is 1. The molecule has 0 aliphatic carbocycles. The molecule has 0 aliphatic rings. The number of carbonyl (C=O) groups is 1. The molecular weight excluding hydrogens is 216 g/mol. The summed E-state index contributed by atoms with van der Waals surface area (Å²) < 4.78 is 0. The minimum Gasteiger partial charge on any atom is -0.478 e. The van der Waals surface area contributed by atoms with Gasteiger partial charge in [0.25, 0.3) is 0 Å². The Labute approximate surface area is 96.9 Å². The number of carboxylic acids is 1. The van der Waals surface area contributed by atoms with Crippen LogP contribution in [0.4, 0.5) is 0 Å². The highest BCUT2D eigenvalue weighted by Crippen LogP contribution is 2.24. The molecule has 4 nitrogen and oxygen atoms in total. The lowest BCUT2D eigenvalue weighted by atomic mass is 10.1. The number of aromatic nitrogens is 2. The number of hydrogen-bond acceptors (Lipinski definition) is 2. The number of aromatic amines is 1. The second-order valence-electron chi connectivity index (χ2n) is 4.08. The van der Waals surface area contributed by atoms with Crippen molar-refractivity contribution in [3.8, 4) is 0 Å².